The molecule has 0 spiro atoms. The molecule has 1 fully saturated rings. The highest BCUT2D eigenvalue weighted by Gasteiger charge is 2.37. The Morgan fingerprint density at radius 3 is 2.59 bits per heavy atom. The van der Waals surface area contributed by atoms with Crippen molar-refractivity contribution in [1.82, 2.24) is 0 Å². The normalized spacial score (nSPS) is 34.2. The summed E-state index contributed by atoms with van der Waals surface area (Å²) < 4.78 is 0. The molecule has 2 heteroatoms. The average Bonchev–Trinajstić information content (AvgIpc) is 2.27. The van der Waals surface area contributed by atoms with Crippen molar-refractivity contribution in [1.29, 1.82) is 0 Å². The summed E-state index contributed by atoms with van der Waals surface area (Å²) in [5.41, 5.74) is 2.47. The van der Waals surface area contributed by atoms with Crippen LogP contribution in [0.5, 0.6) is 0 Å². The maximum Gasteiger partial charge on any atom is 0.159 e. The van der Waals surface area contributed by atoms with Crippen LogP contribution in [0.3, 0.4) is 0 Å². The first-order chi connectivity index (χ1) is 8.04. The maximum atomic E-state index is 12.2. The van der Waals surface area contributed by atoms with E-state index in [1.807, 2.05) is 0 Å². The van der Waals surface area contributed by atoms with Crippen LogP contribution in [-0.4, -0.2) is 17.5 Å². The standard InChI is InChI=1S/C15H24O2/c1-9(2)15-13-7-11(8-16)4-5-12(13)10(3)6-14(15)17/h9-12,16H,4-8H2,1-3H3. The Balaban J connectivity index is 2.36. The third kappa shape index (κ3) is 2.33. The average molecular weight is 236 g/mol. The largest absolute Gasteiger partial charge is 0.396 e. The topological polar surface area (TPSA) is 37.3 Å². The van der Waals surface area contributed by atoms with Crippen LogP contribution in [-0.2, 0) is 4.79 Å². The number of hydrogen-bond acceptors (Lipinski definition) is 2. The molecular formula is C15H24O2. The van der Waals surface area contributed by atoms with Crippen LogP contribution in [0.15, 0.2) is 11.1 Å². The monoisotopic (exact) mass is 236 g/mol. The van der Waals surface area contributed by atoms with Gasteiger partial charge in [-0.25, -0.2) is 0 Å². The van der Waals surface area contributed by atoms with Gasteiger partial charge in [-0.2, -0.15) is 0 Å². The second-order valence-corrected chi connectivity index (χ2v) is 6.13. The Hall–Kier alpha value is -0.630. The third-order valence-electron chi connectivity index (χ3n) is 4.52. The fourth-order valence-electron chi connectivity index (χ4n) is 3.66. The molecule has 2 aliphatic rings. The third-order valence-corrected chi connectivity index (χ3v) is 4.52. The molecule has 2 aliphatic carbocycles. The zero-order chi connectivity index (χ0) is 12.6. The Morgan fingerprint density at radius 1 is 1.29 bits per heavy atom. The molecule has 0 bridgehead atoms. The van der Waals surface area contributed by atoms with Gasteiger partial charge in [0.15, 0.2) is 5.78 Å². The van der Waals surface area contributed by atoms with Gasteiger partial charge in [-0.3, -0.25) is 4.79 Å². The first-order valence-corrected chi connectivity index (χ1v) is 6.91. The summed E-state index contributed by atoms with van der Waals surface area (Å²) in [5, 5.41) is 9.33. The summed E-state index contributed by atoms with van der Waals surface area (Å²) >= 11 is 0. The lowest BCUT2D eigenvalue weighted by Gasteiger charge is -2.40. The van der Waals surface area contributed by atoms with Crippen LogP contribution < -0.4 is 0 Å². The second-order valence-electron chi connectivity index (χ2n) is 6.13. The van der Waals surface area contributed by atoms with E-state index in [1.165, 1.54) is 5.57 Å². The SMILES string of the molecule is CC(C)C1=C2CC(CO)CCC2C(C)CC1=O. The van der Waals surface area contributed by atoms with Gasteiger partial charge in [0.2, 0.25) is 0 Å². The molecule has 1 saturated carbocycles. The van der Waals surface area contributed by atoms with Crippen LogP contribution >= 0.6 is 0 Å². The summed E-state index contributed by atoms with van der Waals surface area (Å²) in [4.78, 5) is 12.2. The van der Waals surface area contributed by atoms with E-state index in [0.29, 0.717) is 29.5 Å². The minimum absolute atomic E-state index is 0.268. The van der Waals surface area contributed by atoms with Crippen molar-refractivity contribution in [3.63, 3.8) is 0 Å². The van der Waals surface area contributed by atoms with Crippen LogP contribution in [0.2, 0.25) is 0 Å². The molecule has 0 heterocycles. The molecule has 0 aromatic rings. The zero-order valence-electron chi connectivity index (χ0n) is 11.2. The Bertz CT molecular complexity index is 341. The Kier molecular flexibility index (Phi) is 3.72. The Labute approximate surface area is 104 Å². The van der Waals surface area contributed by atoms with Gasteiger partial charge >= 0.3 is 0 Å². The summed E-state index contributed by atoms with van der Waals surface area (Å²) in [7, 11) is 0. The number of carbonyl (C=O) groups excluding carboxylic acids is 1. The van der Waals surface area contributed by atoms with E-state index in [-0.39, 0.29) is 6.61 Å². The van der Waals surface area contributed by atoms with E-state index in [2.05, 4.69) is 20.8 Å². The van der Waals surface area contributed by atoms with Gasteiger partial charge < -0.3 is 5.11 Å². The van der Waals surface area contributed by atoms with Crippen molar-refractivity contribution in [2.75, 3.05) is 6.61 Å². The van der Waals surface area contributed by atoms with Crippen LogP contribution in [0.4, 0.5) is 0 Å². The molecule has 0 aliphatic heterocycles. The van der Waals surface area contributed by atoms with Gasteiger partial charge in [0.1, 0.15) is 0 Å². The van der Waals surface area contributed by atoms with Crippen molar-refractivity contribution >= 4 is 5.78 Å². The Morgan fingerprint density at radius 2 is 2.00 bits per heavy atom. The smallest absolute Gasteiger partial charge is 0.159 e. The highest BCUT2D eigenvalue weighted by atomic mass is 16.3. The van der Waals surface area contributed by atoms with Crippen molar-refractivity contribution in [2.45, 2.75) is 46.5 Å². The maximum absolute atomic E-state index is 12.2. The fraction of sp³-hybridized carbons (Fsp3) is 0.800. The number of Topliss-reactive ketones (excluding diaryl/α,β-unsaturated/α-hetero) is 1. The number of hydrogen-bond donors (Lipinski definition) is 1. The van der Waals surface area contributed by atoms with E-state index in [0.717, 1.165) is 31.3 Å². The lowest BCUT2D eigenvalue weighted by atomic mass is 9.65. The lowest BCUT2D eigenvalue weighted by Crippen LogP contribution is -2.33. The molecule has 0 radical (unpaired) electrons. The first kappa shape index (κ1) is 12.8. The lowest BCUT2D eigenvalue weighted by molar-refractivity contribution is -0.118. The molecule has 0 saturated heterocycles. The molecule has 0 amide bonds. The predicted molar refractivity (Wildman–Crippen MR) is 68.6 cm³/mol. The molecule has 1 N–H and O–H groups in total. The van der Waals surface area contributed by atoms with Gasteiger partial charge in [-0.15, -0.1) is 0 Å². The second kappa shape index (κ2) is 4.93. The van der Waals surface area contributed by atoms with Crippen molar-refractivity contribution < 1.29 is 9.90 Å². The highest BCUT2D eigenvalue weighted by Crippen LogP contribution is 2.45. The quantitative estimate of drug-likeness (QED) is 0.800. The van der Waals surface area contributed by atoms with Gasteiger partial charge in [-0.1, -0.05) is 26.3 Å². The van der Waals surface area contributed by atoms with E-state index in [4.69, 9.17) is 0 Å². The minimum atomic E-state index is 0.268. The highest BCUT2D eigenvalue weighted by molar-refractivity contribution is 5.97. The zero-order valence-corrected chi connectivity index (χ0v) is 11.2. The van der Waals surface area contributed by atoms with Crippen molar-refractivity contribution in [2.24, 2.45) is 23.7 Å². The van der Waals surface area contributed by atoms with E-state index >= 15 is 0 Å². The molecule has 3 atom stereocenters. The van der Waals surface area contributed by atoms with E-state index < -0.39 is 0 Å². The van der Waals surface area contributed by atoms with Crippen molar-refractivity contribution in [3.8, 4) is 0 Å². The molecule has 0 aromatic heterocycles. The van der Waals surface area contributed by atoms with E-state index in [1.54, 1.807) is 0 Å². The molecule has 3 unspecified atom stereocenters. The number of fused-ring (bicyclic) bond motifs is 1. The molecule has 2 rings (SSSR count). The van der Waals surface area contributed by atoms with Crippen LogP contribution in [0.25, 0.3) is 0 Å². The number of rotatable bonds is 2. The molecule has 17 heavy (non-hydrogen) atoms. The van der Waals surface area contributed by atoms with Crippen molar-refractivity contribution in [3.05, 3.63) is 11.1 Å². The summed E-state index contributed by atoms with van der Waals surface area (Å²) in [5.74, 6) is 2.18. The van der Waals surface area contributed by atoms with Gasteiger partial charge in [-0.05, 0) is 48.5 Å². The van der Waals surface area contributed by atoms with Gasteiger partial charge in [0, 0.05) is 13.0 Å². The van der Waals surface area contributed by atoms with Crippen LogP contribution in [0, 0.1) is 23.7 Å². The number of carbonyl (C=O) groups is 1. The van der Waals surface area contributed by atoms with Crippen LogP contribution in [0.1, 0.15) is 46.5 Å². The summed E-state index contributed by atoms with van der Waals surface area (Å²) in [6, 6.07) is 0. The van der Waals surface area contributed by atoms with Gasteiger partial charge in [0.05, 0.1) is 0 Å². The minimum Gasteiger partial charge on any atom is -0.396 e. The number of aliphatic hydroxyl groups excluding tert-OH is 1. The molecular weight excluding hydrogens is 212 g/mol. The fourth-order valence-corrected chi connectivity index (χ4v) is 3.66. The van der Waals surface area contributed by atoms with E-state index in [9.17, 15) is 9.90 Å². The first-order valence-electron chi connectivity index (χ1n) is 6.91. The number of allylic oxidation sites excluding steroid dienone is 2. The molecule has 2 nitrogen and oxygen atoms in total. The summed E-state index contributed by atoms with van der Waals surface area (Å²) in [6.07, 6.45) is 3.95. The number of ketones is 1. The summed E-state index contributed by atoms with van der Waals surface area (Å²) in [6.45, 7) is 6.72. The predicted octanol–water partition coefficient (Wildman–Crippen LogP) is 2.96. The van der Waals surface area contributed by atoms with Gasteiger partial charge in [0.25, 0.3) is 0 Å². The number of aliphatic hydroxyl groups is 1. The molecule has 0 aromatic carbocycles. The molecule has 96 valence electrons.